The lowest BCUT2D eigenvalue weighted by molar-refractivity contribution is 0.0479. The zero-order valence-electron chi connectivity index (χ0n) is 6.99. The molecule has 0 bridgehead atoms. The summed E-state index contributed by atoms with van der Waals surface area (Å²) in [6.45, 7) is -0.0565. The highest BCUT2D eigenvalue weighted by molar-refractivity contribution is 5.71. The van der Waals surface area contributed by atoms with Gasteiger partial charge in [0.15, 0.2) is 24.6 Å². The Morgan fingerprint density at radius 1 is 1.69 bits per heavy atom. The van der Waals surface area contributed by atoms with Crippen LogP contribution in [0.1, 0.15) is 10.5 Å². The van der Waals surface area contributed by atoms with Gasteiger partial charge in [0.25, 0.3) is 0 Å². The molecule has 0 aliphatic heterocycles. The highest BCUT2D eigenvalue weighted by atomic mass is 19.1. The maximum atomic E-state index is 13.0. The molecule has 1 rings (SSSR count). The van der Waals surface area contributed by atoms with Crippen LogP contribution in [0.25, 0.3) is 0 Å². The van der Waals surface area contributed by atoms with Crippen LogP contribution < -0.4 is 4.74 Å². The number of ether oxygens (including phenoxy) is 2. The first-order valence-corrected chi connectivity index (χ1v) is 3.50. The molecule has 0 N–H and O–H groups in total. The van der Waals surface area contributed by atoms with E-state index in [2.05, 4.69) is 9.72 Å². The van der Waals surface area contributed by atoms with Crippen molar-refractivity contribution in [1.29, 1.82) is 0 Å². The van der Waals surface area contributed by atoms with Crippen molar-refractivity contribution in [2.45, 2.75) is 0 Å². The highest BCUT2D eigenvalue weighted by Gasteiger charge is 2.04. The van der Waals surface area contributed by atoms with Crippen LogP contribution >= 0.6 is 0 Å². The number of rotatable bonds is 4. The van der Waals surface area contributed by atoms with Gasteiger partial charge in [0.2, 0.25) is 0 Å². The fourth-order valence-corrected chi connectivity index (χ4v) is 0.726. The average Bonchev–Trinajstić information content (AvgIpc) is 2.16. The molecule has 0 atom stereocenters. The zero-order valence-corrected chi connectivity index (χ0v) is 6.99. The number of carbonyl (C=O) groups is 1. The second kappa shape index (κ2) is 4.51. The van der Waals surface area contributed by atoms with Gasteiger partial charge in [0.1, 0.15) is 5.69 Å². The molecule has 0 saturated heterocycles. The van der Waals surface area contributed by atoms with Crippen LogP contribution in [-0.4, -0.2) is 25.2 Å². The topological polar surface area (TPSA) is 48.4 Å². The van der Waals surface area contributed by atoms with Crippen LogP contribution in [0.15, 0.2) is 12.3 Å². The second-order valence-corrected chi connectivity index (χ2v) is 2.21. The molecule has 5 heteroatoms. The fraction of sp³-hybridized carbons (Fsp3) is 0.250. The first-order valence-electron chi connectivity index (χ1n) is 3.50. The summed E-state index contributed by atoms with van der Waals surface area (Å²) in [5.41, 5.74) is 0.0299. The summed E-state index contributed by atoms with van der Waals surface area (Å²) in [6, 6.07) is 0.998. The fourth-order valence-electron chi connectivity index (χ4n) is 0.726. The number of hydrogen-bond donors (Lipinski definition) is 0. The molecule has 1 aromatic heterocycles. The van der Waals surface area contributed by atoms with E-state index in [0.717, 1.165) is 12.3 Å². The van der Waals surface area contributed by atoms with E-state index in [-0.39, 0.29) is 18.2 Å². The maximum Gasteiger partial charge on any atom is 0.188 e. The van der Waals surface area contributed by atoms with Crippen molar-refractivity contribution in [1.82, 2.24) is 4.98 Å². The van der Waals surface area contributed by atoms with Crippen molar-refractivity contribution in [3.63, 3.8) is 0 Å². The Kier molecular flexibility index (Phi) is 3.33. The number of aromatic nitrogens is 1. The first-order chi connectivity index (χ1) is 6.27. The van der Waals surface area contributed by atoms with Gasteiger partial charge in [-0.15, -0.1) is 0 Å². The van der Waals surface area contributed by atoms with E-state index in [9.17, 15) is 9.18 Å². The molecule has 13 heavy (non-hydrogen) atoms. The molecule has 1 heterocycles. The van der Waals surface area contributed by atoms with Gasteiger partial charge in [-0.25, -0.2) is 9.37 Å². The maximum absolute atomic E-state index is 13.0. The Balaban J connectivity index is 2.79. The van der Waals surface area contributed by atoms with Crippen molar-refractivity contribution in [3.8, 4) is 5.75 Å². The molecule has 0 aliphatic rings. The minimum Gasteiger partial charge on any atom is -0.463 e. The molecular formula is C8H8FNO3. The minimum absolute atomic E-state index is 0.0299. The van der Waals surface area contributed by atoms with Crippen LogP contribution in [-0.2, 0) is 4.74 Å². The molecule has 0 saturated carbocycles. The molecule has 0 aliphatic carbocycles. The lowest BCUT2D eigenvalue weighted by Crippen LogP contribution is -2.02. The van der Waals surface area contributed by atoms with Crippen LogP contribution in [0.4, 0.5) is 4.39 Å². The smallest absolute Gasteiger partial charge is 0.188 e. The van der Waals surface area contributed by atoms with Crippen LogP contribution in [0, 0.1) is 5.82 Å². The van der Waals surface area contributed by atoms with Gasteiger partial charge in [-0.3, -0.25) is 4.79 Å². The van der Waals surface area contributed by atoms with Crippen LogP contribution in [0.5, 0.6) is 5.75 Å². The van der Waals surface area contributed by atoms with Gasteiger partial charge in [-0.2, -0.15) is 0 Å². The first kappa shape index (κ1) is 9.60. The van der Waals surface area contributed by atoms with E-state index in [1.807, 2.05) is 0 Å². The summed E-state index contributed by atoms with van der Waals surface area (Å²) in [5, 5.41) is 0. The molecule has 0 fully saturated rings. The summed E-state index contributed by atoms with van der Waals surface area (Å²) < 4.78 is 22.4. The molecule has 0 radical (unpaired) electrons. The van der Waals surface area contributed by atoms with E-state index < -0.39 is 5.82 Å². The predicted octanol–water partition coefficient (Wildman–Crippen LogP) is 1.02. The third-order valence-corrected chi connectivity index (χ3v) is 1.29. The number of carbonyl (C=O) groups excluding carboxylic acids is 1. The normalized spacial score (nSPS) is 9.69. The minimum atomic E-state index is -0.630. The average molecular weight is 185 g/mol. The third kappa shape index (κ3) is 2.48. The van der Waals surface area contributed by atoms with E-state index in [1.54, 1.807) is 0 Å². The summed E-state index contributed by atoms with van der Waals surface area (Å²) in [4.78, 5) is 13.8. The number of methoxy groups -OCH3 is 1. The zero-order chi connectivity index (χ0) is 9.68. The molecule has 70 valence electrons. The quantitative estimate of drug-likeness (QED) is 0.519. The summed E-state index contributed by atoms with van der Waals surface area (Å²) >= 11 is 0. The summed E-state index contributed by atoms with van der Waals surface area (Å²) in [7, 11) is 1.42. The van der Waals surface area contributed by atoms with Gasteiger partial charge >= 0.3 is 0 Å². The molecule has 0 spiro atoms. The number of nitrogens with zero attached hydrogens (tertiary/aromatic N) is 1. The van der Waals surface area contributed by atoms with E-state index in [0.29, 0.717) is 6.29 Å². The predicted molar refractivity (Wildman–Crippen MR) is 42.1 cm³/mol. The SMILES string of the molecule is COCOc1cnc(C=O)cc1F. The van der Waals surface area contributed by atoms with E-state index in [1.165, 1.54) is 7.11 Å². The lowest BCUT2D eigenvalue weighted by Gasteiger charge is -2.04. The molecular weight excluding hydrogens is 177 g/mol. The van der Waals surface area contributed by atoms with Crippen molar-refractivity contribution in [3.05, 3.63) is 23.8 Å². The Morgan fingerprint density at radius 2 is 2.46 bits per heavy atom. The largest absolute Gasteiger partial charge is 0.463 e. The molecule has 1 aromatic rings. The van der Waals surface area contributed by atoms with E-state index >= 15 is 0 Å². The monoisotopic (exact) mass is 185 g/mol. The molecule has 4 nitrogen and oxygen atoms in total. The molecule has 0 unspecified atom stereocenters. The summed E-state index contributed by atoms with van der Waals surface area (Å²) in [5.74, 6) is -0.665. The Labute approximate surface area is 74.3 Å². The second-order valence-electron chi connectivity index (χ2n) is 2.21. The highest BCUT2D eigenvalue weighted by Crippen LogP contribution is 2.14. The van der Waals surface area contributed by atoms with Gasteiger partial charge in [-0.05, 0) is 0 Å². The Morgan fingerprint density at radius 3 is 3.00 bits per heavy atom. The van der Waals surface area contributed by atoms with Crippen molar-refractivity contribution < 1.29 is 18.7 Å². The van der Waals surface area contributed by atoms with Gasteiger partial charge in [0, 0.05) is 13.2 Å². The number of hydrogen-bond acceptors (Lipinski definition) is 4. The van der Waals surface area contributed by atoms with E-state index in [4.69, 9.17) is 4.74 Å². The number of halogens is 1. The molecule has 0 aromatic carbocycles. The third-order valence-electron chi connectivity index (χ3n) is 1.29. The lowest BCUT2D eigenvalue weighted by atomic mass is 10.3. The Hall–Kier alpha value is -1.49. The number of pyridine rings is 1. The van der Waals surface area contributed by atoms with Crippen molar-refractivity contribution in [2.24, 2.45) is 0 Å². The van der Waals surface area contributed by atoms with Crippen molar-refractivity contribution in [2.75, 3.05) is 13.9 Å². The van der Waals surface area contributed by atoms with Crippen LogP contribution in [0.2, 0.25) is 0 Å². The molecule has 0 amide bonds. The summed E-state index contributed by atoms with van der Waals surface area (Å²) in [6.07, 6.45) is 1.60. The van der Waals surface area contributed by atoms with Gasteiger partial charge < -0.3 is 9.47 Å². The standard InChI is InChI=1S/C8H8FNO3/c1-12-5-13-8-3-10-6(4-11)2-7(8)9/h2-4H,5H2,1H3. The van der Waals surface area contributed by atoms with Crippen LogP contribution in [0.3, 0.4) is 0 Å². The number of aldehydes is 1. The van der Waals surface area contributed by atoms with Gasteiger partial charge in [-0.1, -0.05) is 0 Å². The van der Waals surface area contributed by atoms with Crippen molar-refractivity contribution >= 4 is 6.29 Å². The van der Waals surface area contributed by atoms with Gasteiger partial charge in [0.05, 0.1) is 6.20 Å². The Bertz CT molecular complexity index is 303.